The molecule has 0 aromatic heterocycles. The highest BCUT2D eigenvalue weighted by atomic mass is 16.5. The van der Waals surface area contributed by atoms with Gasteiger partial charge >= 0.3 is 0 Å². The molecule has 3 atom stereocenters. The number of ether oxygens (including phenoxy) is 1. The largest absolute Gasteiger partial charge is 0.494 e. The predicted octanol–water partition coefficient (Wildman–Crippen LogP) is 5.38. The normalized spacial score (nSPS) is 30.4. The molecule has 2 aliphatic carbocycles. The van der Waals surface area contributed by atoms with Gasteiger partial charge in [0.05, 0.1) is 6.61 Å². The van der Waals surface area contributed by atoms with Gasteiger partial charge in [-0.3, -0.25) is 0 Å². The second kappa shape index (κ2) is 7.70. The van der Waals surface area contributed by atoms with Crippen molar-refractivity contribution < 1.29 is 4.74 Å². The molecular weight excluding hydrogens is 306 g/mol. The average molecular weight is 342 g/mol. The molecule has 0 unspecified atom stereocenters. The van der Waals surface area contributed by atoms with Gasteiger partial charge in [0.25, 0.3) is 0 Å². The topological polar surface area (TPSA) is 21.3 Å². The van der Waals surface area contributed by atoms with Crippen LogP contribution in [0.2, 0.25) is 0 Å². The molecule has 1 aromatic carbocycles. The van der Waals surface area contributed by atoms with E-state index >= 15 is 0 Å². The molecule has 1 saturated heterocycles. The Labute approximate surface area is 153 Å². The second-order valence-corrected chi connectivity index (χ2v) is 8.60. The summed E-state index contributed by atoms with van der Waals surface area (Å²) in [5.41, 5.74) is 3.69. The van der Waals surface area contributed by atoms with Crippen LogP contribution in [-0.4, -0.2) is 19.2 Å². The molecule has 2 fully saturated rings. The standard InChI is InChI=1S/C23H35NO/c1-2-3-4-5-8-15-25-19-11-10-18-16-22-20-9-6-7-12-23(20,13-14-24-22)21(18)17-19/h10-11,17,20,22,24H,2-9,12-16H2,1H3/t20-,22+,23+/m0/s1. The lowest BCUT2D eigenvalue weighted by molar-refractivity contribution is 0.0794. The summed E-state index contributed by atoms with van der Waals surface area (Å²) in [7, 11) is 0. The number of piperidine rings is 1. The van der Waals surface area contributed by atoms with Crippen LogP contribution in [0.25, 0.3) is 0 Å². The number of nitrogens with one attached hydrogen (secondary N) is 1. The first-order valence-electron chi connectivity index (χ1n) is 10.8. The van der Waals surface area contributed by atoms with Crippen molar-refractivity contribution in [2.24, 2.45) is 5.92 Å². The van der Waals surface area contributed by atoms with E-state index in [1.165, 1.54) is 77.2 Å². The van der Waals surface area contributed by atoms with E-state index in [-0.39, 0.29) is 0 Å². The van der Waals surface area contributed by atoms with Crippen molar-refractivity contribution >= 4 is 0 Å². The zero-order chi connectivity index (χ0) is 17.1. The number of rotatable bonds is 7. The van der Waals surface area contributed by atoms with Gasteiger partial charge in [0.2, 0.25) is 0 Å². The van der Waals surface area contributed by atoms with Gasteiger partial charge in [0, 0.05) is 11.5 Å². The van der Waals surface area contributed by atoms with Crippen molar-refractivity contribution in [3.8, 4) is 5.75 Å². The van der Waals surface area contributed by atoms with Crippen LogP contribution in [0.4, 0.5) is 0 Å². The van der Waals surface area contributed by atoms with Crippen molar-refractivity contribution in [2.45, 2.75) is 89.0 Å². The van der Waals surface area contributed by atoms with E-state index in [9.17, 15) is 0 Å². The molecule has 4 rings (SSSR count). The summed E-state index contributed by atoms with van der Waals surface area (Å²) in [4.78, 5) is 0. The Morgan fingerprint density at radius 2 is 2.04 bits per heavy atom. The summed E-state index contributed by atoms with van der Waals surface area (Å²) in [5.74, 6) is 1.97. The third-order valence-electron chi connectivity index (χ3n) is 7.14. The fourth-order valence-electron chi connectivity index (χ4n) is 5.89. The van der Waals surface area contributed by atoms with Gasteiger partial charge in [-0.05, 0) is 67.8 Å². The summed E-state index contributed by atoms with van der Waals surface area (Å²) in [6.45, 7) is 4.35. The van der Waals surface area contributed by atoms with E-state index in [1.54, 1.807) is 11.1 Å². The Kier molecular flexibility index (Phi) is 5.36. The van der Waals surface area contributed by atoms with Crippen molar-refractivity contribution in [1.82, 2.24) is 5.32 Å². The van der Waals surface area contributed by atoms with Crippen LogP contribution in [0, 0.1) is 5.92 Å². The van der Waals surface area contributed by atoms with E-state index in [0.717, 1.165) is 18.3 Å². The molecule has 1 aromatic rings. The molecule has 1 N–H and O–H groups in total. The van der Waals surface area contributed by atoms with Crippen LogP contribution in [0.3, 0.4) is 0 Å². The van der Waals surface area contributed by atoms with E-state index in [4.69, 9.17) is 4.74 Å². The van der Waals surface area contributed by atoms with Gasteiger partial charge in [-0.25, -0.2) is 0 Å². The summed E-state index contributed by atoms with van der Waals surface area (Å²) >= 11 is 0. The summed E-state index contributed by atoms with van der Waals surface area (Å²) < 4.78 is 6.15. The lowest BCUT2D eigenvalue weighted by Gasteiger charge is -2.56. The fourth-order valence-corrected chi connectivity index (χ4v) is 5.89. The van der Waals surface area contributed by atoms with Gasteiger partial charge < -0.3 is 10.1 Å². The minimum absolute atomic E-state index is 0.447. The number of hydrogen-bond donors (Lipinski definition) is 1. The van der Waals surface area contributed by atoms with Crippen molar-refractivity contribution in [2.75, 3.05) is 13.2 Å². The molecule has 2 nitrogen and oxygen atoms in total. The molecule has 25 heavy (non-hydrogen) atoms. The zero-order valence-electron chi connectivity index (χ0n) is 16.0. The van der Waals surface area contributed by atoms with Gasteiger partial charge in [0.1, 0.15) is 5.75 Å². The Hall–Kier alpha value is -1.02. The Balaban J connectivity index is 1.48. The molecular formula is C23H35NO. The molecule has 1 saturated carbocycles. The SMILES string of the molecule is CCCCCCCOc1ccc2c(c1)[C@@]13CCCC[C@H]1[C@@H](C2)NCC3. The lowest BCUT2D eigenvalue weighted by atomic mass is 9.53. The Morgan fingerprint density at radius 1 is 1.12 bits per heavy atom. The predicted molar refractivity (Wildman–Crippen MR) is 104 cm³/mol. The average Bonchev–Trinajstić information content (AvgIpc) is 2.65. The molecule has 1 heterocycles. The molecule has 0 amide bonds. The maximum atomic E-state index is 6.15. The van der Waals surface area contributed by atoms with Gasteiger partial charge in [-0.15, -0.1) is 0 Å². The minimum Gasteiger partial charge on any atom is -0.494 e. The number of hydrogen-bond acceptors (Lipinski definition) is 2. The fraction of sp³-hybridized carbons (Fsp3) is 0.739. The summed E-state index contributed by atoms with van der Waals surface area (Å²) in [5, 5.41) is 3.83. The first kappa shape index (κ1) is 17.4. The van der Waals surface area contributed by atoms with Crippen molar-refractivity contribution in [3.63, 3.8) is 0 Å². The van der Waals surface area contributed by atoms with E-state index in [2.05, 4.69) is 30.4 Å². The quantitative estimate of drug-likeness (QED) is 0.672. The summed E-state index contributed by atoms with van der Waals surface area (Å²) in [6, 6.07) is 7.74. The first-order valence-corrected chi connectivity index (χ1v) is 10.8. The van der Waals surface area contributed by atoms with E-state index in [1.807, 2.05) is 0 Å². The van der Waals surface area contributed by atoms with E-state index in [0.29, 0.717) is 11.5 Å². The highest BCUT2D eigenvalue weighted by Gasteiger charge is 2.51. The molecule has 3 aliphatic rings. The highest BCUT2D eigenvalue weighted by molar-refractivity contribution is 5.45. The number of unbranched alkanes of at least 4 members (excludes halogenated alkanes) is 4. The molecule has 2 bridgehead atoms. The molecule has 138 valence electrons. The van der Waals surface area contributed by atoms with Gasteiger partial charge in [0.15, 0.2) is 0 Å². The lowest BCUT2D eigenvalue weighted by Crippen LogP contribution is -2.59. The van der Waals surface area contributed by atoms with Crippen molar-refractivity contribution in [1.29, 1.82) is 0 Å². The zero-order valence-corrected chi connectivity index (χ0v) is 16.0. The van der Waals surface area contributed by atoms with Crippen LogP contribution in [0.15, 0.2) is 18.2 Å². The third-order valence-corrected chi connectivity index (χ3v) is 7.14. The second-order valence-electron chi connectivity index (χ2n) is 8.60. The van der Waals surface area contributed by atoms with Gasteiger partial charge in [-0.2, -0.15) is 0 Å². The first-order chi connectivity index (χ1) is 12.3. The van der Waals surface area contributed by atoms with Crippen LogP contribution < -0.4 is 10.1 Å². The molecule has 0 radical (unpaired) electrons. The Morgan fingerprint density at radius 3 is 2.96 bits per heavy atom. The minimum atomic E-state index is 0.447. The maximum Gasteiger partial charge on any atom is 0.119 e. The Bertz CT molecular complexity index is 579. The van der Waals surface area contributed by atoms with Gasteiger partial charge in [-0.1, -0.05) is 51.5 Å². The highest BCUT2D eigenvalue weighted by Crippen LogP contribution is 2.54. The smallest absolute Gasteiger partial charge is 0.119 e. The maximum absolute atomic E-state index is 6.15. The molecule has 1 aliphatic heterocycles. The van der Waals surface area contributed by atoms with Crippen LogP contribution in [-0.2, 0) is 11.8 Å². The van der Waals surface area contributed by atoms with Crippen LogP contribution in [0.5, 0.6) is 5.75 Å². The van der Waals surface area contributed by atoms with E-state index < -0.39 is 0 Å². The number of benzene rings is 1. The monoisotopic (exact) mass is 341 g/mol. The molecule has 2 heteroatoms. The van der Waals surface area contributed by atoms with Crippen LogP contribution >= 0.6 is 0 Å². The van der Waals surface area contributed by atoms with Crippen LogP contribution in [0.1, 0.15) is 82.3 Å². The molecule has 0 spiro atoms. The third kappa shape index (κ3) is 3.35. The summed E-state index contributed by atoms with van der Waals surface area (Å²) in [6.07, 6.45) is 14.7. The number of fused-ring (bicyclic) bond motifs is 1. The van der Waals surface area contributed by atoms with Crippen molar-refractivity contribution in [3.05, 3.63) is 29.3 Å².